The summed E-state index contributed by atoms with van der Waals surface area (Å²) in [6.07, 6.45) is 0. The Morgan fingerprint density at radius 1 is 0.304 bits per heavy atom. The lowest BCUT2D eigenvalue weighted by atomic mass is 9.95. The number of anilines is 3. The monoisotopic (exact) mass is 713 g/mol. The number of benzene rings is 10. The van der Waals surface area contributed by atoms with Gasteiger partial charge in [0, 0.05) is 27.7 Å². The second-order valence-electron chi connectivity index (χ2n) is 14.5. The van der Waals surface area contributed by atoms with Gasteiger partial charge >= 0.3 is 0 Å². The van der Waals surface area contributed by atoms with Crippen LogP contribution in [0, 0.1) is 0 Å². The summed E-state index contributed by atoms with van der Waals surface area (Å²) in [5, 5.41) is 9.54. The van der Waals surface area contributed by atoms with E-state index in [1.54, 1.807) is 0 Å². The maximum Gasteiger partial charge on any atom is 0.136 e. The fourth-order valence-corrected chi connectivity index (χ4v) is 8.43. The highest BCUT2D eigenvalue weighted by Crippen LogP contribution is 2.46. The van der Waals surface area contributed by atoms with E-state index in [0.29, 0.717) is 0 Å². The van der Waals surface area contributed by atoms with Gasteiger partial charge in [0.1, 0.15) is 11.2 Å². The third-order valence-electron chi connectivity index (χ3n) is 11.2. The van der Waals surface area contributed by atoms with Gasteiger partial charge in [0.15, 0.2) is 0 Å². The normalized spacial score (nSPS) is 11.6. The second-order valence-corrected chi connectivity index (χ2v) is 14.5. The molecule has 0 fully saturated rings. The van der Waals surface area contributed by atoms with E-state index in [4.69, 9.17) is 4.42 Å². The quantitative estimate of drug-likeness (QED) is 0.171. The van der Waals surface area contributed by atoms with Crippen molar-refractivity contribution >= 4 is 71.3 Å². The highest BCUT2D eigenvalue weighted by atomic mass is 16.3. The van der Waals surface area contributed by atoms with Gasteiger partial charge in [0.25, 0.3) is 0 Å². The van der Waals surface area contributed by atoms with E-state index in [1.807, 2.05) is 0 Å². The minimum atomic E-state index is 0.884. The average molecular weight is 714 g/mol. The number of fused-ring (bicyclic) bond motifs is 6. The lowest BCUT2D eigenvalue weighted by Gasteiger charge is -2.28. The molecule has 10 aromatic carbocycles. The minimum absolute atomic E-state index is 0.884. The molecule has 0 unspecified atom stereocenters. The minimum Gasteiger partial charge on any atom is -0.456 e. The number of hydrogen-bond donors (Lipinski definition) is 0. The predicted molar refractivity (Wildman–Crippen MR) is 237 cm³/mol. The van der Waals surface area contributed by atoms with Crippen LogP contribution in [-0.4, -0.2) is 0 Å². The van der Waals surface area contributed by atoms with Crippen LogP contribution >= 0.6 is 0 Å². The van der Waals surface area contributed by atoms with E-state index < -0.39 is 0 Å². The number of furan rings is 1. The summed E-state index contributed by atoms with van der Waals surface area (Å²) in [7, 11) is 0. The molecule has 0 aliphatic rings. The number of para-hydroxylation sites is 1. The third kappa shape index (κ3) is 5.51. The summed E-state index contributed by atoms with van der Waals surface area (Å²) in [5.74, 6) is 0. The molecule has 0 bridgehead atoms. The van der Waals surface area contributed by atoms with Gasteiger partial charge in [0.05, 0.1) is 5.69 Å². The summed E-state index contributed by atoms with van der Waals surface area (Å²) in [4.78, 5) is 2.40. The van der Waals surface area contributed by atoms with Crippen molar-refractivity contribution in [3.8, 4) is 33.4 Å². The van der Waals surface area contributed by atoms with Gasteiger partial charge < -0.3 is 9.32 Å². The zero-order valence-electron chi connectivity index (χ0n) is 30.6. The smallest absolute Gasteiger partial charge is 0.136 e. The summed E-state index contributed by atoms with van der Waals surface area (Å²) in [6, 6.07) is 76.6. The topological polar surface area (TPSA) is 16.4 Å². The first-order valence-corrected chi connectivity index (χ1v) is 19.2. The average Bonchev–Trinajstić information content (AvgIpc) is 3.63. The standard InChI is InChI=1S/C54H35NO/c1-3-13-39-32-45(24-23-36(39)11-1)41-18-9-17-40(31-41)38-25-28-46(29-26-38)55(47-30-27-37-12-2-4-14-42(37)33-47)51-21-8-7-19-48(51)49-20-10-22-52-54(49)50-34-43-15-5-6-16-44(43)35-53(50)56-52/h1-35H. The first-order valence-electron chi connectivity index (χ1n) is 19.2. The Labute approximate surface area is 325 Å². The highest BCUT2D eigenvalue weighted by molar-refractivity contribution is 6.16. The lowest BCUT2D eigenvalue weighted by molar-refractivity contribution is 0.669. The van der Waals surface area contributed by atoms with Gasteiger partial charge in [-0.1, -0.05) is 152 Å². The molecule has 262 valence electrons. The van der Waals surface area contributed by atoms with Crippen LogP contribution < -0.4 is 4.90 Å². The zero-order valence-corrected chi connectivity index (χ0v) is 30.6. The van der Waals surface area contributed by atoms with Crippen molar-refractivity contribution < 1.29 is 4.42 Å². The second kappa shape index (κ2) is 13.2. The molecule has 0 spiro atoms. The molecule has 2 nitrogen and oxygen atoms in total. The van der Waals surface area contributed by atoms with E-state index in [1.165, 1.54) is 54.6 Å². The fourth-order valence-electron chi connectivity index (χ4n) is 8.43. The van der Waals surface area contributed by atoms with Gasteiger partial charge in [-0.05, 0) is 121 Å². The van der Waals surface area contributed by atoms with Crippen molar-refractivity contribution in [2.75, 3.05) is 4.90 Å². The Kier molecular flexibility index (Phi) is 7.53. The first-order chi connectivity index (χ1) is 27.7. The Morgan fingerprint density at radius 3 is 1.61 bits per heavy atom. The number of nitrogens with zero attached hydrogens (tertiary/aromatic N) is 1. The molecule has 0 N–H and O–H groups in total. The molecule has 2 heteroatoms. The van der Waals surface area contributed by atoms with Crippen molar-refractivity contribution in [2.24, 2.45) is 0 Å². The Hall–Kier alpha value is -7.42. The van der Waals surface area contributed by atoms with Gasteiger partial charge in [-0.2, -0.15) is 0 Å². The molecule has 56 heavy (non-hydrogen) atoms. The molecular weight excluding hydrogens is 679 g/mol. The number of rotatable bonds is 6. The van der Waals surface area contributed by atoms with Crippen molar-refractivity contribution in [2.45, 2.75) is 0 Å². The van der Waals surface area contributed by atoms with Crippen molar-refractivity contribution in [3.05, 3.63) is 212 Å². The Balaban J connectivity index is 1.05. The van der Waals surface area contributed by atoms with Crippen molar-refractivity contribution in [3.63, 3.8) is 0 Å². The van der Waals surface area contributed by atoms with Crippen LogP contribution in [0.2, 0.25) is 0 Å². The molecule has 0 radical (unpaired) electrons. The maximum atomic E-state index is 6.54. The van der Waals surface area contributed by atoms with Crippen LogP contribution in [-0.2, 0) is 0 Å². The summed E-state index contributed by atoms with van der Waals surface area (Å²) in [5.41, 5.74) is 12.1. The van der Waals surface area contributed by atoms with Crippen molar-refractivity contribution in [1.29, 1.82) is 0 Å². The molecule has 1 heterocycles. The van der Waals surface area contributed by atoms with Crippen LogP contribution in [0.5, 0.6) is 0 Å². The summed E-state index contributed by atoms with van der Waals surface area (Å²) >= 11 is 0. The van der Waals surface area contributed by atoms with Crippen LogP contribution in [0.4, 0.5) is 17.1 Å². The molecule has 0 saturated heterocycles. The molecule has 11 rings (SSSR count). The summed E-state index contributed by atoms with van der Waals surface area (Å²) < 4.78 is 6.54. The lowest BCUT2D eigenvalue weighted by Crippen LogP contribution is -2.11. The first kappa shape index (κ1) is 32.0. The van der Waals surface area contributed by atoms with E-state index in [9.17, 15) is 0 Å². The van der Waals surface area contributed by atoms with Crippen LogP contribution in [0.15, 0.2) is 217 Å². The van der Waals surface area contributed by atoms with Gasteiger partial charge in [-0.3, -0.25) is 0 Å². The molecule has 0 aliphatic heterocycles. The molecule has 0 amide bonds. The van der Waals surface area contributed by atoms with Crippen molar-refractivity contribution in [1.82, 2.24) is 0 Å². The van der Waals surface area contributed by atoms with Gasteiger partial charge in [-0.25, -0.2) is 0 Å². The number of hydrogen-bond acceptors (Lipinski definition) is 2. The highest BCUT2D eigenvalue weighted by Gasteiger charge is 2.21. The maximum absolute atomic E-state index is 6.54. The Bertz CT molecular complexity index is 3260. The molecule has 11 aromatic rings. The predicted octanol–water partition coefficient (Wildman–Crippen LogP) is 15.5. The largest absolute Gasteiger partial charge is 0.456 e. The molecule has 0 aliphatic carbocycles. The molecule has 1 aromatic heterocycles. The van der Waals surface area contributed by atoms with Gasteiger partial charge in [-0.15, -0.1) is 0 Å². The van der Waals surface area contributed by atoms with E-state index in [2.05, 4.69) is 217 Å². The van der Waals surface area contributed by atoms with Crippen LogP contribution in [0.25, 0.3) is 87.6 Å². The van der Waals surface area contributed by atoms with E-state index in [-0.39, 0.29) is 0 Å². The zero-order chi connectivity index (χ0) is 37.0. The molecule has 0 saturated carbocycles. The molecular formula is C54H35NO. The fraction of sp³-hybridized carbons (Fsp3) is 0. The molecule has 0 atom stereocenters. The van der Waals surface area contributed by atoms with Gasteiger partial charge in [0.2, 0.25) is 0 Å². The van der Waals surface area contributed by atoms with Crippen LogP contribution in [0.3, 0.4) is 0 Å². The van der Waals surface area contributed by atoms with E-state index in [0.717, 1.165) is 50.1 Å². The summed E-state index contributed by atoms with van der Waals surface area (Å²) in [6.45, 7) is 0. The third-order valence-corrected chi connectivity index (χ3v) is 11.2. The SMILES string of the molecule is c1cc(-c2ccc(N(c3ccc4ccccc4c3)c3ccccc3-c3cccc4oc5cc6ccccc6cc5c34)cc2)cc(-c2ccc3ccccc3c2)c1. The van der Waals surface area contributed by atoms with Crippen LogP contribution in [0.1, 0.15) is 0 Å². The van der Waals surface area contributed by atoms with E-state index >= 15 is 0 Å². The Morgan fingerprint density at radius 2 is 0.839 bits per heavy atom.